The first-order chi connectivity index (χ1) is 20.7. The number of benzene rings is 3. The van der Waals surface area contributed by atoms with Gasteiger partial charge < -0.3 is 28.8 Å². The fraction of sp³-hybridized carbons (Fsp3) is 0.294. The number of anilines is 1. The summed E-state index contributed by atoms with van der Waals surface area (Å²) in [5.74, 6) is 1.96. The van der Waals surface area contributed by atoms with Gasteiger partial charge in [-0.05, 0) is 65.9 Å². The molecule has 1 unspecified atom stereocenters. The van der Waals surface area contributed by atoms with Crippen molar-refractivity contribution >= 4 is 23.1 Å². The third-order valence-corrected chi connectivity index (χ3v) is 8.20. The van der Waals surface area contributed by atoms with Crippen molar-refractivity contribution < 1.29 is 33.6 Å². The summed E-state index contributed by atoms with van der Waals surface area (Å²) in [5.41, 5.74) is 2.85. The Hall–Kier alpha value is -4.92. The van der Waals surface area contributed by atoms with E-state index in [1.54, 1.807) is 74.8 Å². The smallest absolute Gasteiger partial charge is 0.231 e. The molecular weight excluding hydrogens is 548 g/mol. The number of allylic oxidation sites excluding steroid dienone is 2. The third kappa shape index (κ3) is 4.84. The number of aliphatic hydroxyl groups excluding tert-OH is 1. The molecule has 0 spiro atoms. The average Bonchev–Trinajstić information content (AvgIpc) is 3.47. The summed E-state index contributed by atoms with van der Waals surface area (Å²) in [7, 11) is 4.70. The van der Waals surface area contributed by atoms with E-state index in [0.717, 1.165) is 0 Å². The Morgan fingerprint density at radius 3 is 2.30 bits per heavy atom. The van der Waals surface area contributed by atoms with Gasteiger partial charge in [0, 0.05) is 40.8 Å². The number of fused-ring (bicyclic) bond motifs is 1. The molecule has 6 rings (SSSR count). The Labute approximate surface area is 250 Å². The minimum Gasteiger partial charge on any atom is -0.507 e. The first-order valence-electron chi connectivity index (χ1n) is 14.0. The third-order valence-electron chi connectivity index (χ3n) is 8.20. The number of amidine groups is 1. The number of carbonyl (C=O) groups is 1. The monoisotopic (exact) mass is 582 g/mol. The maximum Gasteiger partial charge on any atom is 0.231 e. The summed E-state index contributed by atoms with van der Waals surface area (Å²) in [6.45, 7) is 4.20. The van der Waals surface area contributed by atoms with Crippen molar-refractivity contribution in [2.45, 2.75) is 32.6 Å². The molecule has 2 N–H and O–H groups in total. The van der Waals surface area contributed by atoms with Crippen LogP contribution in [0.4, 0.5) is 5.69 Å². The Kier molecular flexibility index (Phi) is 7.04. The van der Waals surface area contributed by atoms with E-state index >= 15 is 0 Å². The fourth-order valence-corrected chi connectivity index (χ4v) is 6.18. The van der Waals surface area contributed by atoms with Crippen molar-refractivity contribution in [3.63, 3.8) is 0 Å². The molecule has 3 aromatic carbocycles. The Bertz CT molecular complexity index is 1690. The molecule has 0 radical (unpaired) electrons. The van der Waals surface area contributed by atoms with Crippen molar-refractivity contribution in [3.8, 4) is 28.7 Å². The minimum absolute atomic E-state index is 0.0202. The second-order valence-corrected chi connectivity index (χ2v) is 11.6. The fourth-order valence-electron chi connectivity index (χ4n) is 6.18. The predicted octanol–water partition coefficient (Wildman–Crippen LogP) is 6.63. The zero-order chi connectivity index (χ0) is 30.5. The molecule has 9 heteroatoms. The lowest BCUT2D eigenvalue weighted by molar-refractivity contribution is -0.118. The summed E-state index contributed by atoms with van der Waals surface area (Å²) in [5, 5.41) is 21.7. The Morgan fingerprint density at radius 1 is 0.907 bits per heavy atom. The number of aliphatic hydroxyl groups is 1. The lowest BCUT2D eigenvalue weighted by Gasteiger charge is -2.45. The Balaban J connectivity index is 1.68. The number of methoxy groups -OCH3 is 3. The largest absolute Gasteiger partial charge is 0.507 e. The van der Waals surface area contributed by atoms with Crippen molar-refractivity contribution in [1.82, 2.24) is 0 Å². The van der Waals surface area contributed by atoms with Crippen LogP contribution < -0.4 is 28.6 Å². The molecule has 2 aliphatic heterocycles. The van der Waals surface area contributed by atoms with Crippen LogP contribution in [0.5, 0.6) is 28.7 Å². The van der Waals surface area contributed by atoms with Crippen molar-refractivity contribution in [2.24, 2.45) is 5.41 Å². The van der Waals surface area contributed by atoms with E-state index < -0.39 is 5.92 Å². The van der Waals surface area contributed by atoms with Gasteiger partial charge in [0.05, 0.1) is 27.0 Å². The van der Waals surface area contributed by atoms with Gasteiger partial charge in [-0.2, -0.15) is 0 Å². The zero-order valence-electron chi connectivity index (χ0n) is 24.8. The van der Waals surface area contributed by atoms with E-state index in [2.05, 4.69) is 13.8 Å². The molecule has 0 saturated heterocycles. The molecule has 3 aliphatic rings. The molecule has 0 aromatic heterocycles. The quantitative estimate of drug-likeness (QED) is 0.312. The summed E-state index contributed by atoms with van der Waals surface area (Å²) in [6.07, 6.45) is 0.842. The number of carbonyl (C=O) groups excluding carboxylic acids is 1. The van der Waals surface area contributed by atoms with Crippen LogP contribution in [-0.4, -0.2) is 44.8 Å². The van der Waals surface area contributed by atoms with Gasteiger partial charge in [-0.1, -0.05) is 19.9 Å². The molecule has 0 bridgehead atoms. The second-order valence-electron chi connectivity index (χ2n) is 11.6. The molecule has 3 aromatic rings. The van der Waals surface area contributed by atoms with Crippen molar-refractivity contribution in [2.75, 3.05) is 33.0 Å². The molecular formula is C34H34N2O7. The average molecular weight is 583 g/mol. The second kappa shape index (κ2) is 10.7. The van der Waals surface area contributed by atoms with Gasteiger partial charge in [-0.25, -0.2) is 0 Å². The molecule has 2 heterocycles. The van der Waals surface area contributed by atoms with Crippen LogP contribution >= 0.6 is 0 Å². The maximum absolute atomic E-state index is 14.2. The van der Waals surface area contributed by atoms with Gasteiger partial charge >= 0.3 is 0 Å². The summed E-state index contributed by atoms with van der Waals surface area (Å²) in [6, 6.07) is 17.8. The summed E-state index contributed by atoms with van der Waals surface area (Å²) in [4.78, 5) is 16.0. The number of ether oxygens (including phenoxy) is 5. The molecule has 9 nitrogen and oxygen atoms in total. The van der Waals surface area contributed by atoms with Gasteiger partial charge in [0.25, 0.3) is 0 Å². The van der Waals surface area contributed by atoms with Crippen LogP contribution in [0.3, 0.4) is 0 Å². The van der Waals surface area contributed by atoms with E-state index in [1.807, 2.05) is 12.1 Å². The highest BCUT2D eigenvalue weighted by molar-refractivity contribution is 6.20. The van der Waals surface area contributed by atoms with E-state index in [0.29, 0.717) is 69.7 Å². The van der Waals surface area contributed by atoms with E-state index in [9.17, 15) is 15.3 Å². The molecule has 0 amide bonds. The number of nitrogens with zero attached hydrogens (tertiary/aromatic N) is 1. The van der Waals surface area contributed by atoms with E-state index in [1.165, 1.54) is 0 Å². The topological polar surface area (TPSA) is 111 Å². The molecule has 0 fully saturated rings. The molecule has 43 heavy (non-hydrogen) atoms. The van der Waals surface area contributed by atoms with E-state index in [-0.39, 0.29) is 35.2 Å². The molecule has 1 aliphatic carbocycles. The van der Waals surface area contributed by atoms with Crippen LogP contribution in [0.1, 0.15) is 43.7 Å². The summed E-state index contributed by atoms with van der Waals surface area (Å²) < 4.78 is 27.9. The lowest BCUT2D eigenvalue weighted by Crippen LogP contribution is -2.45. The van der Waals surface area contributed by atoms with Gasteiger partial charge in [-0.3, -0.25) is 15.1 Å². The van der Waals surface area contributed by atoms with Gasteiger partial charge in [0.2, 0.25) is 6.79 Å². The summed E-state index contributed by atoms with van der Waals surface area (Å²) >= 11 is 0. The maximum atomic E-state index is 14.2. The molecule has 0 saturated carbocycles. The minimum atomic E-state index is -0.740. The van der Waals surface area contributed by atoms with Crippen LogP contribution in [0.25, 0.3) is 5.76 Å². The molecule has 222 valence electrons. The number of rotatable bonds is 6. The number of hydrogen-bond acceptors (Lipinski definition) is 8. The first-order valence-corrected chi connectivity index (χ1v) is 14.0. The van der Waals surface area contributed by atoms with Gasteiger partial charge in [0.15, 0.2) is 17.3 Å². The normalized spacial score (nSPS) is 20.1. The zero-order valence-corrected chi connectivity index (χ0v) is 24.8. The van der Waals surface area contributed by atoms with Gasteiger partial charge in [0.1, 0.15) is 28.8 Å². The van der Waals surface area contributed by atoms with Crippen LogP contribution in [0, 0.1) is 10.8 Å². The number of Topliss-reactive ketones (excluding diaryl/α,β-unsaturated/α-hetero) is 1. The highest BCUT2D eigenvalue weighted by Gasteiger charge is 2.47. The van der Waals surface area contributed by atoms with Crippen LogP contribution in [0.15, 0.2) is 77.5 Å². The van der Waals surface area contributed by atoms with E-state index in [4.69, 9.17) is 23.7 Å². The number of hydrogen-bond donors (Lipinski definition) is 2. The predicted molar refractivity (Wildman–Crippen MR) is 163 cm³/mol. The van der Waals surface area contributed by atoms with Crippen molar-refractivity contribution in [1.29, 1.82) is 5.41 Å². The van der Waals surface area contributed by atoms with Crippen LogP contribution in [-0.2, 0) is 4.79 Å². The standard InChI is InChI=1S/C34H34N2O7/c1-34(2)16-24-30(25(37)17-34)29(20-8-12-27-28(14-20)43-18-42-27)31(32(38)19-6-9-21(39-3)10-7-19)33(35)36(24)23-15-22(40-4)11-13-26(23)41-5/h6-15,29,35,38H,16-18H2,1-5H3. The van der Waals surface area contributed by atoms with Gasteiger partial charge in [-0.15, -0.1) is 0 Å². The number of ketones is 1. The number of nitrogens with one attached hydrogen (secondary N) is 1. The van der Waals surface area contributed by atoms with Crippen molar-refractivity contribution in [3.05, 3.63) is 88.6 Å². The lowest BCUT2D eigenvalue weighted by atomic mass is 9.67. The van der Waals surface area contributed by atoms with Crippen LogP contribution in [0.2, 0.25) is 0 Å². The first kappa shape index (κ1) is 28.2. The highest BCUT2D eigenvalue weighted by atomic mass is 16.7. The SMILES string of the molecule is COc1ccc(C(O)=C2C(=N)N(c3cc(OC)ccc3OC)C3=C(C(=O)CC(C)(C)C3)C2c2ccc3c(c2)OCO3)cc1. The molecule has 1 atom stereocenters. The highest BCUT2D eigenvalue weighted by Crippen LogP contribution is 2.53. The Morgan fingerprint density at radius 2 is 1.60 bits per heavy atom.